The van der Waals surface area contributed by atoms with Crippen LogP contribution in [0.25, 0.3) is 0 Å². The van der Waals surface area contributed by atoms with Crippen molar-refractivity contribution in [2.24, 2.45) is 5.92 Å². The number of rotatable bonds is 4. The molecule has 0 aromatic heterocycles. The third-order valence-corrected chi connectivity index (χ3v) is 4.29. The maximum atomic E-state index is 12.2. The zero-order valence-electron chi connectivity index (χ0n) is 11.6. The average molecular weight is 253 g/mol. The Morgan fingerprint density at radius 3 is 2.50 bits per heavy atom. The Balaban J connectivity index is 1.76. The Morgan fingerprint density at radius 1 is 1.22 bits per heavy atom. The minimum atomic E-state index is 0.155. The van der Waals surface area contributed by atoms with Crippen LogP contribution in [-0.4, -0.2) is 43.2 Å². The molecule has 0 radical (unpaired) electrons. The monoisotopic (exact) mass is 253 g/mol. The molecule has 0 aromatic carbocycles. The van der Waals surface area contributed by atoms with E-state index in [1.807, 2.05) is 4.90 Å². The van der Waals surface area contributed by atoms with Crippen molar-refractivity contribution >= 4 is 6.03 Å². The second-order valence-corrected chi connectivity index (χ2v) is 5.66. The van der Waals surface area contributed by atoms with Gasteiger partial charge in [-0.25, -0.2) is 4.79 Å². The number of carbonyl (C=O) groups excluding carboxylic acids is 1. The molecule has 0 atom stereocenters. The van der Waals surface area contributed by atoms with E-state index >= 15 is 0 Å². The van der Waals surface area contributed by atoms with Crippen molar-refractivity contribution in [3.05, 3.63) is 0 Å². The van der Waals surface area contributed by atoms with E-state index in [2.05, 4.69) is 17.6 Å². The summed E-state index contributed by atoms with van der Waals surface area (Å²) in [6.07, 6.45) is 7.27. The van der Waals surface area contributed by atoms with Gasteiger partial charge >= 0.3 is 6.03 Å². The number of nitrogens with zero attached hydrogens (tertiary/aromatic N) is 1. The van der Waals surface area contributed by atoms with Gasteiger partial charge in [-0.05, 0) is 51.6 Å². The van der Waals surface area contributed by atoms with E-state index in [9.17, 15) is 4.79 Å². The highest BCUT2D eigenvalue weighted by Crippen LogP contribution is 2.18. The summed E-state index contributed by atoms with van der Waals surface area (Å²) in [6, 6.07) is 0.586. The molecule has 1 saturated heterocycles. The molecule has 2 N–H and O–H groups in total. The Morgan fingerprint density at radius 2 is 1.89 bits per heavy atom. The maximum absolute atomic E-state index is 12.2. The first-order chi connectivity index (χ1) is 8.79. The maximum Gasteiger partial charge on any atom is 0.317 e. The van der Waals surface area contributed by atoms with Crippen LogP contribution in [-0.2, 0) is 0 Å². The molecule has 2 rings (SSSR count). The van der Waals surface area contributed by atoms with E-state index in [1.165, 1.54) is 25.7 Å². The van der Waals surface area contributed by atoms with Crippen molar-refractivity contribution in [1.29, 1.82) is 0 Å². The first kappa shape index (κ1) is 13.7. The second kappa shape index (κ2) is 6.98. The Kier molecular flexibility index (Phi) is 5.29. The fourth-order valence-electron chi connectivity index (χ4n) is 3.07. The van der Waals surface area contributed by atoms with Gasteiger partial charge in [0, 0.05) is 19.1 Å². The molecule has 1 saturated carbocycles. The van der Waals surface area contributed by atoms with Crippen LogP contribution in [0.2, 0.25) is 0 Å². The third kappa shape index (κ3) is 3.87. The van der Waals surface area contributed by atoms with Gasteiger partial charge in [0.1, 0.15) is 0 Å². The van der Waals surface area contributed by atoms with E-state index in [4.69, 9.17) is 0 Å². The normalized spacial score (nSPS) is 22.1. The van der Waals surface area contributed by atoms with Gasteiger partial charge in [0.05, 0.1) is 0 Å². The summed E-state index contributed by atoms with van der Waals surface area (Å²) in [5.74, 6) is 0.681. The second-order valence-electron chi connectivity index (χ2n) is 5.66. The highest BCUT2D eigenvalue weighted by molar-refractivity contribution is 5.74. The van der Waals surface area contributed by atoms with E-state index in [1.54, 1.807) is 0 Å². The van der Waals surface area contributed by atoms with Gasteiger partial charge in [-0.2, -0.15) is 0 Å². The van der Waals surface area contributed by atoms with Crippen LogP contribution in [0.5, 0.6) is 0 Å². The Hall–Kier alpha value is -0.770. The van der Waals surface area contributed by atoms with Gasteiger partial charge in [-0.3, -0.25) is 0 Å². The van der Waals surface area contributed by atoms with Gasteiger partial charge in [0.2, 0.25) is 0 Å². The predicted molar refractivity (Wildman–Crippen MR) is 73.6 cm³/mol. The fraction of sp³-hybridized carbons (Fsp3) is 0.929. The number of urea groups is 1. The number of carbonyl (C=O) groups is 1. The minimum Gasteiger partial charge on any atom is -0.335 e. The molecule has 18 heavy (non-hydrogen) atoms. The highest BCUT2D eigenvalue weighted by Gasteiger charge is 2.23. The van der Waals surface area contributed by atoms with Crippen molar-refractivity contribution in [2.45, 2.75) is 51.5 Å². The molecule has 4 heteroatoms. The predicted octanol–water partition coefficient (Wildman–Crippen LogP) is 1.96. The van der Waals surface area contributed by atoms with E-state index in [-0.39, 0.29) is 6.03 Å². The van der Waals surface area contributed by atoms with Crippen molar-refractivity contribution in [3.8, 4) is 0 Å². The van der Waals surface area contributed by atoms with Crippen LogP contribution in [0.1, 0.15) is 45.4 Å². The lowest BCUT2D eigenvalue weighted by atomic mass is 9.97. The molecule has 1 heterocycles. The van der Waals surface area contributed by atoms with E-state index in [0.29, 0.717) is 12.0 Å². The average Bonchev–Trinajstić information content (AvgIpc) is 2.90. The smallest absolute Gasteiger partial charge is 0.317 e. The standard InChI is InChI=1S/C14H27N3O/c1-2-17(11-12-7-9-15-10-8-12)14(18)16-13-5-3-4-6-13/h12-13,15H,2-11H2,1H3,(H,16,18). The SMILES string of the molecule is CCN(CC1CCNCC1)C(=O)NC1CCCC1. The number of piperidine rings is 1. The quantitative estimate of drug-likeness (QED) is 0.804. The van der Waals surface area contributed by atoms with Crippen molar-refractivity contribution in [3.63, 3.8) is 0 Å². The van der Waals surface area contributed by atoms with Crippen LogP contribution in [0, 0.1) is 5.92 Å². The molecule has 1 aliphatic carbocycles. The lowest BCUT2D eigenvalue weighted by Crippen LogP contribution is -2.46. The van der Waals surface area contributed by atoms with Crippen molar-refractivity contribution in [2.75, 3.05) is 26.2 Å². The van der Waals surface area contributed by atoms with Gasteiger partial charge in [0.15, 0.2) is 0 Å². The fourth-order valence-corrected chi connectivity index (χ4v) is 3.07. The molecule has 1 aliphatic heterocycles. The summed E-state index contributed by atoms with van der Waals surface area (Å²) in [6.45, 7) is 6.04. The number of nitrogens with one attached hydrogen (secondary N) is 2. The summed E-state index contributed by atoms with van der Waals surface area (Å²) in [5.41, 5.74) is 0. The number of amides is 2. The van der Waals surface area contributed by atoms with Gasteiger partial charge in [0.25, 0.3) is 0 Å². The summed E-state index contributed by atoms with van der Waals surface area (Å²) in [5, 5.41) is 6.57. The number of hydrogen-bond acceptors (Lipinski definition) is 2. The molecule has 104 valence electrons. The molecule has 2 aliphatic rings. The van der Waals surface area contributed by atoms with Crippen molar-refractivity contribution < 1.29 is 4.79 Å². The molecule has 2 amide bonds. The minimum absolute atomic E-state index is 0.155. The zero-order chi connectivity index (χ0) is 12.8. The van der Waals surface area contributed by atoms with Crippen LogP contribution in [0.4, 0.5) is 4.79 Å². The lowest BCUT2D eigenvalue weighted by Gasteiger charge is -2.30. The molecule has 0 bridgehead atoms. The molecule has 0 unspecified atom stereocenters. The van der Waals surface area contributed by atoms with E-state index in [0.717, 1.165) is 39.0 Å². The van der Waals surface area contributed by atoms with Gasteiger partial charge in [-0.15, -0.1) is 0 Å². The Labute approximate surface area is 110 Å². The molecule has 4 nitrogen and oxygen atoms in total. The first-order valence-corrected chi connectivity index (χ1v) is 7.55. The third-order valence-electron chi connectivity index (χ3n) is 4.29. The lowest BCUT2D eigenvalue weighted by molar-refractivity contribution is 0.180. The van der Waals surface area contributed by atoms with Crippen LogP contribution in [0.3, 0.4) is 0 Å². The summed E-state index contributed by atoms with van der Waals surface area (Å²) in [4.78, 5) is 14.2. The molecule has 2 fully saturated rings. The zero-order valence-corrected chi connectivity index (χ0v) is 11.6. The van der Waals surface area contributed by atoms with Gasteiger partial charge in [-0.1, -0.05) is 12.8 Å². The van der Waals surface area contributed by atoms with Crippen LogP contribution >= 0.6 is 0 Å². The van der Waals surface area contributed by atoms with Crippen LogP contribution < -0.4 is 10.6 Å². The summed E-state index contributed by atoms with van der Waals surface area (Å²) >= 11 is 0. The molecular formula is C14H27N3O. The molecular weight excluding hydrogens is 226 g/mol. The summed E-state index contributed by atoms with van der Waals surface area (Å²) in [7, 11) is 0. The topological polar surface area (TPSA) is 44.4 Å². The number of hydrogen-bond donors (Lipinski definition) is 2. The van der Waals surface area contributed by atoms with E-state index < -0.39 is 0 Å². The Bertz CT molecular complexity index is 258. The highest BCUT2D eigenvalue weighted by atomic mass is 16.2. The first-order valence-electron chi connectivity index (χ1n) is 7.55. The van der Waals surface area contributed by atoms with Crippen molar-refractivity contribution in [1.82, 2.24) is 15.5 Å². The molecule has 0 aromatic rings. The van der Waals surface area contributed by atoms with Gasteiger partial charge < -0.3 is 15.5 Å². The molecule has 0 spiro atoms. The van der Waals surface area contributed by atoms with Crippen LogP contribution in [0.15, 0.2) is 0 Å². The largest absolute Gasteiger partial charge is 0.335 e. The summed E-state index contributed by atoms with van der Waals surface area (Å²) < 4.78 is 0.